The lowest BCUT2D eigenvalue weighted by atomic mass is 9.99. The summed E-state index contributed by atoms with van der Waals surface area (Å²) in [5.74, 6) is -1.30. The highest BCUT2D eigenvalue weighted by atomic mass is 35.5. The van der Waals surface area contributed by atoms with E-state index in [1.165, 1.54) is 11.8 Å². The third kappa shape index (κ3) is 4.88. The summed E-state index contributed by atoms with van der Waals surface area (Å²) < 4.78 is 1.34. The second kappa shape index (κ2) is 9.91. The minimum absolute atomic E-state index is 0.00301. The van der Waals surface area contributed by atoms with Gasteiger partial charge in [-0.05, 0) is 50.1 Å². The molecule has 2 heterocycles. The molecule has 10 heteroatoms. The number of halogens is 1. The first-order chi connectivity index (χ1) is 15.6. The number of nitrogens with zero attached hydrogens (tertiary/aromatic N) is 3. The van der Waals surface area contributed by atoms with Crippen LogP contribution in [-0.4, -0.2) is 37.1 Å². The molecule has 3 rings (SSSR count). The van der Waals surface area contributed by atoms with E-state index < -0.39 is 23.3 Å². The number of hydrogen-bond donors (Lipinski definition) is 1. The first-order valence-corrected chi connectivity index (χ1v) is 11.6. The average Bonchev–Trinajstić information content (AvgIpc) is 3.00. The van der Waals surface area contributed by atoms with Crippen molar-refractivity contribution in [3.63, 3.8) is 0 Å². The van der Waals surface area contributed by atoms with E-state index in [0.717, 1.165) is 21.9 Å². The van der Waals surface area contributed by atoms with Crippen molar-refractivity contribution in [2.75, 3.05) is 6.54 Å². The van der Waals surface area contributed by atoms with Gasteiger partial charge in [-0.15, -0.1) is 0 Å². The summed E-state index contributed by atoms with van der Waals surface area (Å²) in [6.45, 7) is 4.78. The summed E-state index contributed by atoms with van der Waals surface area (Å²) >= 11 is 12.3. The monoisotopic (exact) mass is 501 g/mol. The molecule has 1 aliphatic heterocycles. The lowest BCUT2D eigenvalue weighted by Crippen LogP contribution is -2.31. The zero-order valence-corrected chi connectivity index (χ0v) is 20.5. The van der Waals surface area contributed by atoms with E-state index in [0.29, 0.717) is 14.2 Å². The normalized spacial score (nSPS) is 14.9. The number of amides is 1. The number of benzene rings is 1. The number of thioether (sulfide) groups is 1. The molecule has 1 N–H and O–H groups in total. The van der Waals surface area contributed by atoms with Crippen molar-refractivity contribution in [2.45, 2.75) is 33.2 Å². The number of carbonyl (C=O) groups excluding carboxylic acids is 2. The van der Waals surface area contributed by atoms with Gasteiger partial charge in [0.15, 0.2) is 5.78 Å². The molecule has 0 saturated carbocycles. The SMILES string of the molecule is Cc1c(C(=O)CCN2C(=O)/C(=C/c3ccc(Cl)cc3)SC2=S)c(O)n(C(C)C)c(=O)c1C#N. The van der Waals surface area contributed by atoms with Crippen LogP contribution in [0.25, 0.3) is 6.08 Å². The number of aromatic nitrogens is 1. The van der Waals surface area contributed by atoms with Gasteiger partial charge in [-0.2, -0.15) is 5.26 Å². The summed E-state index contributed by atoms with van der Waals surface area (Å²) in [6, 6.07) is 8.36. The van der Waals surface area contributed by atoms with Gasteiger partial charge in [0.1, 0.15) is 16.0 Å². The molecular weight excluding hydrogens is 482 g/mol. The first-order valence-electron chi connectivity index (χ1n) is 9.99. The van der Waals surface area contributed by atoms with E-state index in [-0.39, 0.29) is 35.6 Å². The molecule has 0 atom stereocenters. The predicted molar refractivity (Wildman–Crippen MR) is 132 cm³/mol. The fraction of sp³-hybridized carbons (Fsp3) is 0.261. The highest BCUT2D eigenvalue weighted by molar-refractivity contribution is 8.26. The molecule has 0 unspecified atom stereocenters. The van der Waals surface area contributed by atoms with Crippen molar-refractivity contribution in [2.24, 2.45) is 0 Å². The molecule has 33 heavy (non-hydrogen) atoms. The van der Waals surface area contributed by atoms with Crippen LogP contribution < -0.4 is 5.56 Å². The quantitative estimate of drug-likeness (QED) is 0.354. The molecule has 1 saturated heterocycles. The van der Waals surface area contributed by atoms with Crippen LogP contribution in [0.2, 0.25) is 5.02 Å². The smallest absolute Gasteiger partial charge is 0.271 e. The Kier molecular flexibility index (Phi) is 7.42. The molecule has 0 bridgehead atoms. The van der Waals surface area contributed by atoms with E-state index >= 15 is 0 Å². The predicted octanol–water partition coefficient (Wildman–Crippen LogP) is 4.44. The molecule has 2 aromatic rings. The largest absolute Gasteiger partial charge is 0.494 e. The Balaban J connectivity index is 1.84. The second-order valence-corrected chi connectivity index (χ2v) is 9.75. The summed E-state index contributed by atoms with van der Waals surface area (Å²) in [5.41, 5.74) is -0.0295. The molecule has 1 aromatic carbocycles. The van der Waals surface area contributed by atoms with Crippen molar-refractivity contribution in [1.82, 2.24) is 9.47 Å². The number of aromatic hydroxyl groups is 1. The van der Waals surface area contributed by atoms with Crippen LogP contribution in [0.3, 0.4) is 0 Å². The Hall–Kier alpha value is -2.93. The van der Waals surface area contributed by atoms with Gasteiger partial charge in [0, 0.05) is 24.0 Å². The van der Waals surface area contributed by atoms with Gasteiger partial charge < -0.3 is 5.11 Å². The Morgan fingerprint density at radius 1 is 1.30 bits per heavy atom. The number of thiocarbonyl (C=S) groups is 1. The summed E-state index contributed by atoms with van der Waals surface area (Å²) in [5, 5.41) is 20.6. The van der Waals surface area contributed by atoms with E-state index in [4.69, 9.17) is 23.8 Å². The number of carbonyl (C=O) groups is 2. The van der Waals surface area contributed by atoms with Gasteiger partial charge >= 0.3 is 0 Å². The summed E-state index contributed by atoms with van der Waals surface area (Å²) in [6.07, 6.45) is 1.56. The lowest BCUT2D eigenvalue weighted by Gasteiger charge is -2.19. The number of ketones is 1. The van der Waals surface area contributed by atoms with Crippen LogP contribution in [0.4, 0.5) is 0 Å². The molecule has 1 aliphatic rings. The van der Waals surface area contributed by atoms with Crippen LogP contribution >= 0.6 is 35.6 Å². The molecule has 1 amide bonds. The Bertz CT molecular complexity index is 1290. The Labute approximate surface area is 205 Å². The molecule has 0 aliphatic carbocycles. The summed E-state index contributed by atoms with van der Waals surface area (Å²) in [7, 11) is 0. The van der Waals surface area contributed by atoms with E-state index in [9.17, 15) is 24.8 Å². The van der Waals surface area contributed by atoms with Crippen molar-refractivity contribution in [3.8, 4) is 11.9 Å². The van der Waals surface area contributed by atoms with Gasteiger partial charge in [0.2, 0.25) is 5.88 Å². The van der Waals surface area contributed by atoms with Crippen molar-refractivity contribution in [3.05, 3.63) is 66.8 Å². The fourth-order valence-electron chi connectivity index (χ4n) is 3.48. The zero-order valence-electron chi connectivity index (χ0n) is 18.1. The van der Waals surface area contributed by atoms with Crippen LogP contribution in [0.5, 0.6) is 5.88 Å². The van der Waals surface area contributed by atoms with Crippen molar-refractivity contribution >= 4 is 57.7 Å². The Morgan fingerprint density at radius 2 is 1.94 bits per heavy atom. The highest BCUT2D eigenvalue weighted by Crippen LogP contribution is 2.33. The molecular formula is C23H20ClN3O4S2. The van der Waals surface area contributed by atoms with Crippen molar-refractivity contribution < 1.29 is 14.7 Å². The van der Waals surface area contributed by atoms with Crippen LogP contribution in [-0.2, 0) is 4.79 Å². The van der Waals surface area contributed by atoms with Gasteiger partial charge in [-0.1, -0.05) is 47.7 Å². The molecule has 7 nitrogen and oxygen atoms in total. The molecule has 1 aromatic heterocycles. The van der Waals surface area contributed by atoms with Gasteiger partial charge in [0.05, 0.1) is 10.5 Å². The molecule has 170 valence electrons. The fourth-order valence-corrected chi connectivity index (χ4v) is 4.91. The zero-order chi connectivity index (χ0) is 24.4. The van der Waals surface area contributed by atoms with Crippen LogP contribution in [0.15, 0.2) is 34.0 Å². The molecule has 0 spiro atoms. The minimum Gasteiger partial charge on any atom is -0.494 e. The number of hydrogen-bond acceptors (Lipinski definition) is 7. The lowest BCUT2D eigenvalue weighted by molar-refractivity contribution is -0.122. The standard InChI is InChI=1S/C23H20ClN3O4S2/c1-12(2)27-20(29)16(11-25)13(3)19(22(27)31)17(28)8-9-26-21(30)18(33-23(26)32)10-14-4-6-15(24)7-5-14/h4-7,10,12,31H,8-9H2,1-3H3/b18-10-. The number of pyridine rings is 1. The number of rotatable bonds is 6. The topological polar surface area (TPSA) is 103 Å². The van der Waals surface area contributed by atoms with E-state index in [2.05, 4.69) is 0 Å². The maximum absolute atomic E-state index is 13.0. The van der Waals surface area contributed by atoms with Crippen molar-refractivity contribution in [1.29, 1.82) is 5.26 Å². The highest BCUT2D eigenvalue weighted by Gasteiger charge is 2.33. The van der Waals surface area contributed by atoms with Crippen LogP contribution in [0, 0.1) is 18.3 Å². The van der Waals surface area contributed by atoms with Gasteiger partial charge in [0.25, 0.3) is 11.5 Å². The van der Waals surface area contributed by atoms with E-state index in [1.807, 2.05) is 6.07 Å². The van der Waals surface area contributed by atoms with Gasteiger partial charge in [-0.3, -0.25) is 23.9 Å². The maximum atomic E-state index is 13.0. The summed E-state index contributed by atoms with van der Waals surface area (Å²) in [4.78, 5) is 40.1. The van der Waals surface area contributed by atoms with Crippen LogP contribution in [0.1, 0.15) is 53.4 Å². The second-order valence-electron chi connectivity index (χ2n) is 7.64. The maximum Gasteiger partial charge on any atom is 0.271 e. The third-order valence-corrected chi connectivity index (χ3v) is 6.78. The first kappa shape index (κ1) is 24.7. The average molecular weight is 502 g/mol. The number of nitriles is 1. The third-order valence-electron chi connectivity index (χ3n) is 5.15. The minimum atomic E-state index is -0.650. The van der Waals surface area contributed by atoms with E-state index in [1.54, 1.807) is 44.2 Å². The van der Waals surface area contributed by atoms with Gasteiger partial charge in [-0.25, -0.2) is 0 Å². The molecule has 1 fully saturated rings. The number of Topliss-reactive ketones (excluding diaryl/α,β-unsaturated/α-hetero) is 1. The Morgan fingerprint density at radius 3 is 2.52 bits per heavy atom. The molecule has 0 radical (unpaired) electrons.